The minimum atomic E-state index is 0.887. The average molecular weight is 274 g/mol. The van der Waals surface area contributed by atoms with E-state index in [1.165, 1.54) is 43.4 Å². The van der Waals surface area contributed by atoms with Crippen LogP contribution in [0, 0.1) is 5.92 Å². The average Bonchev–Trinajstić information content (AvgIpc) is 2.86. The van der Waals surface area contributed by atoms with Crippen LogP contribution in [-0.4, -0.2) is 29.9 Å². The minimum absolute atomic E-state index is 0.887. The molecule has 14 heavy (non-hydrogen) atoms. The van der Waals surface area contributed by atoms with Crippen molar-refractivity contribution < 1.29 is 0 Å². The van der Waals surface area contributed by atoms with Crippen molar-refractivity contribution in [2.45, 2.75) is 12.8 Å². The Kier molecular flexibility index (Phi) is 4.02. The van der Waals surface area contributed by atoms with Crippen LogP contribution in [0.4, 0.5) is 0 Å². The van der Waals surface area contributed by atoms with E-state index in [0.717, 1.165) is 5.92 Å². The molecule has 3 heteroatoms. The van der Waals surface area contributed by atoms with Crippen LogP contribution < -0.4 is 0 Å². The highest BCUT2D eigenvalue weighted by molar-refractivity contribution is 9.09. The van der Waals surface area contributed by atoms with Crippen LogP contribution in [0.5, 0.6) is 0 Å². The Hall–Kier alpha value is 0.140. The highest BCUT2D eigenvalue weighted by Gasteiger charge is 2.20. The van der Waals surface area contributed by atoms with Crippen LogP contribution in [0.15, 0.2) is 16.8 Å². The molecule has 0 radical (unpaired) electrons. The van der Waals surface area contributed by atoms with Crippen molar-refractivity contribution in [3.05, 3.63) is 22.4 Å². The molecule has 1 aliphatic heterocycles. The second kappa shape index (κ2) is 5.29. The summed E-state index contributed by atoms with van der Waals surface area (Å²) in [6.45, 7) is 3.82. The Bertz CT molecular complexity index is 260. The van der Waals surface area contributed by atoms with Crippen LogP contribution in [-0.2, 0) is 6.42 Å². The fourth-order valence-corrected chi connectivity index (χ4v) is 3.20. The number of likely N-dealkylation sites (tertiary alicyclic amines) is 1. The van der Waals surface area contributed by atoms with Gasteiger partial charge >= 0.3 is 0 Å². The van der Waals surface area contributed by atoms with Crippen molar-refractivity contribution in [3.63, 3.8) is 0 Å². The molecule has 1 saturated heterocycles. The molecule has 0 N–H and O–H groups in total. The Morgan fingerprint density at radius 3 is 3.14 bits per heavy atom. The van der Waals surface area contributed by atoms with Crippen molar-refractivity contribution in [1.82, 2.24) is 4.90 Å². The zero-order valence-corrected chi connectivity index (χ0v) is 10.7. The molecule has 1 aromatic rings. The van der Waals surface area contributed by atoms with Gasteiger partial charge in [0.15, 0.2) is 0 Å². The number of hydrogen-bond acceptors (Lipinski definition) is 2. The van der Waals surface area contributed by atoms with Crippen LogP contribution in [0.1, 0.15) is 12.0 Å². The van der Waals surface area contributed by atoms with Gasteiger partial charge in [-0.3, -0.25) is 0 Å². The second-order valence-electron chi connectivity index (χ2n) is 3.99. The molecule has 2 heterocycles. The molecule has 0 saturated carbocycles. The van der Waals surface area contributed by atoms with Gasteiger partial charge in [0, 0.05) is 18.4 Å². The predicted molar refractivity (Wildman–Crippen MR) is 66.4 cm³/mol. The molecule has 0 spiro atoms. The molecular weight excluding hydrogens is 258 g/mol. The minimum Gasteiger partial charge on any atom is -0.303 e. The molecule has 1 unspecified atom stereocenters. The predicted octanol–water partition coefficient (Wildman–Crippen LogP) is 3.01. The summed E-state index contributed by atoms with van der Waals surface area (Å²) in [4.78, 5) is 2.59. The highest BCUT2D eigenvalue weighted by atomic mass is 79.9. The first-order valence-electron chi connectivity index (χ1n) is 5.18. The van der Waals surface area contributed by atoms with Crippen LogP contribution in [0.3, 0.4) is 0 Å². The summed E-state index contributed by atoms with van der Waals surface area (Å²) in [7, 11) is 0. The Morgan fingerprint density at radius 1 is 1.57 bits per heavy atom. The first kappa shape index (κ1) is 10.7. The van der Waals surface area contributed by atoms with Gasteiger partial charge in [0.1, 0.15) is 0 Å². The first-order chi connectivity index (χ1) is 6.88. The van der Waals surface area contributed by atoms with E-state index in [4.69, 9.17) is 0 Å². The van der Waals surface area contributed by atoms with Crippen LogP contribution in [0.25, 0.3) is 0 Å². The van der Waals surface area contributed by atoms with Crippen molar-refractivity contribution in [3.8, 4) is 0 Å². The maximum Gasteiger partial charge on any atom is 0.00723 e. The monoisotopic (exact) mass is 273 g/mol. The number of thiophene rings is 1. The summed E-state index contributed by atoms with van der Waals surface area (Å²) in [5.41, 5.74) is 1.50. The van der Waals surface area contributed by atoms with Gasteiger partial charge in [-0.05, 0) is 47.7 Å². The largest absolute Gasteiger partial charge is 0.303 e. The standard InChI is InChI=1S/C11H16BrNS/c12-7-11-2-5-13(8-11)4-1-10-3-6-14-9-10/h3,6,9,11H,1-2,4-5,7-8H2. The number of nitrogens with zero attached hydrogens (tertiary/aromatic N) is 1. The Balaban J connectivity index is 1.72. The molecule has 2 rings (SSSR count). The van der Waals surface area contributed by atoms with Crippen molar-refractivity contribution in [2.24, 2.45) is 5.92 Å². The second-order valence-corrected chi connectivity index (χ2v) is 5.42. The number of rotatable bonds is 4. The van der Waals surface area contributed by atoms with Gasteiger partial charge < -0.3 is 4.90 Å². The molecule has 0 bridgehead atoms. The van der Waals surface area contributed by atoms with E-state index in [0.29, 0.717) is 0 Å². The summed E-state index contributed by atoms with van der Waals surface area (Å²) < 4.78 is 0. The Labute approximate surface area is 98.2 Å². The molecule has 1 atom stereocenters. The SMILES string of the molecule is BrCC1CCN(CCc2ccsc2)C1. The van der Waals surface area contributed by atoms with E-state index in [9.17, 15) is 0 Å². The molecule has 1 nitrogen and oxygen atoms in total. The lowest BCUT2D eigenvalue weighted by Gasteiger charge is -2.14. The Morgan fingerprint density at radius 2 is 2.50 bits per heavy atom. The van der Waals surface area contributed by atoms with Gasteiger partial charge in [-0.15, -0.1) is 0 Å². The number of halogens is 1. The summed E-state index contributed by atoms with van der Waals surface area (Å²) in [6.07, 6.45) is 2.59. The van der Waals surface area contributed by atoms with Crippen LogP contribution >= 0.6 is 27.3 Å². The van der Waals surface area contributed by atoms with E-state index in [2.05, 4.69) is 37.7 Å². The third kappa shape index (κ3) is 2.81. The number of hydrogen-bond donors (Lipinski definition) is 0. The van der Waals surface area contributed by atoms with E-state index in [1.54, 1.807) is 11.3 Å². The van der Waals surface area contributed by atoms with Crippen molar-refractivity contribution in [1.29, 1.82) is 0 Å². The lowest BCUT2D eigenvalue weighted by atomic mass is 10.2. The fourth-order valence-electron chi connectivity index (χ4n) is 1.96. The molecular formula is C11H16BrNS. The summed E-state index contributed by atoms with van der Waals surface area (Å²) in [5.74, 6) is 0.887. The van der Waals surface area contributed by atoms with Gasteiger partial charge in [0.25, 0.3) is 0 Å². The maximum atomic E-state index is 3.57. The molecule has 1 aliphatic rings. The highest BCUT2D eigenvalue weighted by Crippen LogP contribution is 2.18. The summed E-state index contributed by atoms with van der Waals surface area (Å²) in [6, 6.07) is 2.24. The molecule has 0 aromatic carbocycles. The molecule has 78 valence electrons. The van der Waals surface area contributed by atoms with Crippen molar-refractivity contribution >= 4 is 27.3 Å². The van der Waals surface area contributed by atoms with Crippen molar-refractivity contribution in [2.75, 3.05) is 25.0 Å². The van der Waals surface area contributed by atoms with E-state index < -0.39 is 0 Å². The van der Waals surface area contributed by atoms with E-state index >= 15 is 0 Å². The smallest absolute Gasteiger partial charge is 0.00723 e. The summed E-state index contributed by atoms with van der Waals surface area (Å²) in [5, 5.41) is 5.60. The van der Waals surface area contributed by atoms with Gasteiger partial charge in [0.2, 0.25) is 0 Å². The zero-order chi connectivity index (χ0) is 9.80. The molecule has 0 amide bonds. The van der Waals surface area contributed by atoms with Crippen LogP contribution in [0.2, 0.25) is 0 Å². The summed E-state index contributed by atoms with van der Waals surface area (Å²) >= 11 is 5.37. The van der Waals surface area contributed by atoms with Gasteiger partial charge in [-0.1, -0.05) is 15.9 Å². The molecule has 0 aliphatic carbocycles. The van der Waals surface area contributed by atoms with Gasteiger partial charge in [-0.2, -0.15) is 11.3 Å². The molecule has 1 fully saturated rings. The maximum absolute atomic E-state index is 3.57. The lowest BCUT2D eigenvalue weighted by molar-refractivity contribution is 0.333. The quantitative estimate of drug-likeness (QED) is 0.763. The van der Waals surface area contributed by atoms with E-state index in [1.807, 2.05) is 0 Å². The lowest BCUT2D eigenvalue weighted by Crippen LogP contribution is -2.23. The molecule has 1 aromatic heterocycles. The zero-order valence-electron chi connectivity index (χ0n) is 8.29. The van der Waals surface area contributed by atoms with E-state index in [-0.39, 0.29) is 0 Å². The third-order valence-corrected chi connectivity index (χ3v) is 4.53. The number of alkyl halides is 1. The normalized spacial score (nSPS) is 23.1. The van der Waals surface area contributed by atoms with Gasteiger partial charge in [0.05, 0.1) is 0 Å². The topological polar surface area (TPSA) is 3.24 Å². The first-order valence-corrected chi connectivity index (χ1v) is 7.24. The fraction of sp³-hybridized carbons (Fsp3) is 0.636. The third-order valence-electron chi connectivity index (χ3n) is 2.88. The van der Waals surface area contributed by atoms with Gasteiger partial charge in [-0.25, -0.2) is 0 Å².